The third kappa shape index (κ3) is 1.97. The molecule has 1 N–H and O–H groups in total. The molecule has 0 fully saturated rings. The molecule has 0 bridgehead atoms. The van der Waals surface area contributed by atoms with Gasteiger partial charge in [0.15, 0.2) is 17.3 Å². The van der Waals surface area contributed by atoms with Gasteiger partial charge in [-0.3, -0.25) is 4.79 Å². The van der Waals surface area contributed by atoms with Gasteiger partial charge in [-0.2, -0.15) is 0 Å². The van der Waals surface area contributed by atoms with Gasteiger partial charge in [0.1, 0.15) is 19.0 Å². The number of anilines is 1. The zero-order valence-corrected chi connectivity index (χ0v) is 13.1. The van der Waals surface area contributed by atoms with Crippen molar-refractivity contribution >= 4 is 11.5 Å². The van der Waals surface area contributed by atoms with Crippen molar-refractivity contribution in [3.05, 3.63) is 53.1 Å². The van der Waals surface area contributed by atoms with Crippen LogP contribution in [0.5, 0.6) is 11.5 Å². The summed E-state index contributed by atoms with van der Waals surface area (Å²) in [6, 6.07) is 7.75. The fraction of sp³-hybridized carbons (Fsp3) is 0.316. The van der Waals surface area contributed by atoms with Gasteiger partial charge >= 0.3 is 0 Å². The van der Waals surface area contributed by atoms with Crippen LogP contribution < -0.4 is 14.8 Å². The first-order chi connectivity index (χ1) is 11.8. The van der Waals surface area contributed by atoms with E-state index in [0.717, 1.165) is 52.6 Å². The smallest absolute Gasteiger partial charge is 0.163 e. The average Bonchev–Trinajstić information content (AvgIpc) is 3.12. The standard InChI is InChI=1S/C19H17NO4/c21-14-4-1-3-12-19(14)18(15-5-2-6-22-15)11-9-16-17(10-13(11)20-12)24-8-7-23-16/h2,5-6,9-10,18,20H,1,3-4,7-8H2. The van der Waals surface area contributed by atoms with Crippen LogP contribution in [0.3, 0.4) is 0 Å². The number of ether oxygens (including phenoxy) is 2. The van der Waals surface area contributed by atoms with E-state index >= 15 is 0 Å². The predicted octanol–water partition coefficient (Wildman–Crippen LogP) is 3.62. The van der Waals surface area contributed by atoms with Crippen LogP contribution in [0.4, 0.5) is 5.69 Å². The first-order valence-electron chi connectivity index (χ1n) is 8.31. The van der Waals surface area contributed by atoms with Gasteiger partial charge in [0, 0.05) is 29.4 Å². The Bertz CT molecular complexity index is 851. The van der Waals surface area contributed by atoms with Crippen LogP contribution in [0.2, 0.25) is 0 Å². The van der Waals surface area contributed by atoms with E-state index in [2.05, 4.69) is 5.32 Å². The van der Waals surface area contributed by atoms with Crippen LogP contribution >= 0.6 is 0 Å². The highest BCUT2D eigenvalue weighted by Gasteiger charge is 2.37. The molecule has 1 aromatic carbocycles. The SMILES string of the molecule is O=C1CCCC2=C1C(c1ccco1)c1cc3c(cc1N2)OCCO3. The number of allylic oxidation sites excluding steroid dienone is 2. The largest absolute Gasteiger partial charge is 0.486 e. The first-order valence-corrected chi connectivity index (χ1v) is 8.31. The van der Waals surface area contributed by atoms with Crippen LogP contribution in [0.1, 0.15) is 36.5 Å². The number of fused-ring (bicyclic) bond motifs is 2. The number of hydrogen-bond donors (Lipinski definition) is 1. The van der Waals surface area contributed by atoms with Gasteiger partial charge in [0.2, 0.25) is 0 Å². The van der Waals surface area contributed by atoms with Gasteiger partial charge in [0.05, 0.1) is 12.2 Å². The molecule has 1 unspecified atom stereocenters. The maximum atomic E-state index is 12.6. The van der Waals surface area contributed by atoms with Gasteiger partial charge < -0.3 is 19.2 Å². The highest BCUT2D eigenvalue weighted by atomic mass is 16.6. The van der Waals surface area contributed by atoms with Crippen LogP contribution in [-0.2, 0) is 4.79 Å². The van der Waals surface area contributed by atoms with Crippen molar-refractivity contribution in [1.29, 1.82) is 0 Å². The van der Waals surface area contributed by atoms with Crippen molar-refractivity contribution in [2.45, 2.75) is 25.2 Å². The van der Waals surface area contributed by atoms with E-state index in [1.54, 1.807) is 6.26 Å². The van der Waals surface area contributed by atoms with Gasteiger partial charge in [0.25, 0.3) is 0 Å². The molecule has 3 aliphatic rings. The number of benzene rings is 1. The van der Waals surface area contributed by atoms with Gasteiger partial charge in [-0.25, -0.2) is 0 Å². The van der Waals surface area contributed by atoms with E-state index in [0.29, 0.717) is 19.6 Å². The second-order valence-electron chi connectivity index (χ2n) is 6.33. The molecule has 5 heteroatoms. The molecule has 0 amide bonds. The third-order valence-corrected chi connectivity index (χ3v) is 4.88. The summed E-state index contributed by atoms with van der Waals surface area (Å²) in [6.45, 7) is 1.09. The zero-order chi connectivity index (χ0) is 16.1. The highest BCUT2D eigenvalue weighted by molar-refractivity contribution is 6.01. The number of rotatable bonds is 1. The van der Waals surface area contributed by atoms with Crippen LogP contribution in [0.25, 0.3) is 0 Å². The second-order valence-corrected chi connectivity index (χ2v) is 6.33. The predicted molar refractivity (Wildman–Crippen MR) is 87.5 cm³/mol. The molecule has 0 spiro atoms. The minimum absolute atomic E-state index is 0.185. The number of nitrogens with one attached hydrogen (secondary N) is 1. The molecule has 1 atom stereocenters. The summed E-state index contributed by atoms with van der Waals surface area (Å²) < 4.78 is 17.1. The fourth-order valence-corrected chi connectivity index (χ4v) is 3.85. The molecule has 2 aliphatic heterocycles. The summed E-state index contributed by atoms with van der Waals surface area (Å²) in [7, 11) is 0. The second kappa shape index (κ2) is 5.16. The normalized spacial score (nSPS) is 21.8. The first kappa shape index (κ1) is 13.7. The van der Waals surface area contributed by atoms with Gasteiger partial charge in [-0.15, -0.1) is 0 Å². The lowest BCUT2D eigenvalue weighted by Gasteiger charge is -2.34. The maximum absolute atomic E-state index is 12.6. The van der Waals surface area contributed by atoms with E-state index in [9.17, 15) is 4.79 Å². The molecular weight excluding hydrogens is 306 g/mol. The summed E-state index contributed by atoms with van der Waals surface area (Å²) in [6.07, 6.45) is 4.02. The molecule has 5 rings (SSSR count). The number of hydrogen-bond acceptors (Lipinski definition) is 5. The summed E-state index contributed by atoms with van der Waals surface area (Å²) in [5.41, 5.74) is 3.81. The molecular formula is C19H17NO4. The minimum Gasteiger partial charge on any atom is -0.486 e. The van der Waals surface area contributed by atoms with Gasteiger partial charge in [-0.1, -0.05) is 0 Å². The Hall–Kier alpha value is -2.69. The number of furan rings is 1. The number of ketones is 1. The maximum Gasteiger partial charge on any atom is 0.163 e. The third-order valence-electron chi connectivity index (χ3n) is 4.88. The summed E-state index contributed by atoms with van der Waals surface area (Å²) >= 11 is 0. The number of carbonyl (C=O) groups excluding carboxylic acids is 1. The Kier molecular flexibility index (Phi) is 2.95. The quantitative estimate of drug-likeness (QED) is 0.868. The number of carbonyl (C=O) groups is 1. The van der Waals surface area contributed by atoms with Crippen LogP contribution in [0.15, 0.2) is 46.2 Å². The van der Waals surface area contributed by atoms with Crippen molar-refractivity contribution < 1.29 is 18.7 Å². The number of Topliss-reactive ketones (excluding diaryl/α,β-unsaturated/α-hetero) is 1. The van der Waals surface area contributed by atoms with E-state index in [1.165, 1.54) is 0 Å². The Morgan fingerprint density at radius 2 is 1.92 bits per heavy atom. The van der Waals surface area contributed by atoms with Crippen molar-refractivity contribution in [2.75, 3.05) is 18.5 Å². The fourth-order valence-electron chi connectivity index (χ4n) is 3.85. The molecule has 5 nitrogen and oxygen atoms in total. The van der Waals surface area contributed by atoms with Crippen LogP contribution in [-0.4, -0.2) is 19.0 Å². The minimum atomic E-state index is -0.185. The summed E-state index contributed by atoms with van der Waals surface area (Å²) in [5.74, 6) is 2.28. The van der Waals surface area contributed by atoms with E-state index in [1.807, 2.05) is 24.3 Å². The lowest BCUT2D eigenvalue weighted by atomic mass is 9.77. The average molecular weight is 323 g/mol. The lowest BCUT2D eigenvalue weighted by molar-refractivity contribution is -0.116. The topological polar surface area (TPSA) is 60.7 Å². The molecule has 3 heterocycles. The van der Waals surface area contributed by atoms with Crippen LogP contribution in [0, 0.1) is 0 Å². The lowest BCUT2D eigenvalue weighted by Crippen LogP contribution is -2.27. The molecule has 1 aliphatic carbocycles. The van der Waals surface area contributed by atoms with Crippen molar-refractivity contribution in [2.24, 2.45) is 0 Å². The molecule has 122 valence electrons. The molecule has 0 saturated carbocycles. The van der Waals surface area contributed by atoms with E-state index < -0.39 is 0 Å². The summed E-state index contributed by atoms with van der Waals surface area (Å²) in [4.78, 5) is 12.6. The highest BCUT2D eigenvalue weighted by Crippen LogP contribution is 2.49. The van der Waals surface area contributed by atoms with Crippen molar-refractivity contribution in [3.63, 3.8) is 0 Å². The monoisotopic (exact) mass is 323 g/mol. The van der Waals surface area contributed by atoms with E-state index in [4.69, 9.17) is 13.9 Å². The van der Waals surface area contributed by atoms with Crippen molar-refractivity contribution in [3.8, 4) is 11.5 Å². The zero-order valence-electron chi connectivity index (χ0n) is 13.1. The molecule has 2 aromatic rings. The van der Waals surface area contributed by atoms with Gasteiger partial charge in [-0.05, 0) is 36.6 Å². The molecule has 24 heavy (non-hydrogen) atoms. The molecule has 1 aromatic heterocycles. The molecule has 0 saturated heterocycles. The van der Waals surface area contributed by atoms with Crippen molar-refractivity contribution in [1.82, 2.24) is 0 Å². The van der Waals surface area contributed by atoms with E-state index in [-0.39, 0.29) is 11.7 Å². The Morgan fingerprint density at radius 3 is 2.71 bits per heavy atom. The Balaban J connectivity index is 1.72. The Labute approximate surface area is 139 Å². The summed E-state index contributed by atoms with van der Waals surface area (Å²) in [5, 5.41) is 3.45. The Morgan fingerprint density at radius 1 is 1.08 bits per heavy atom. The molecule has 0 radical (unpaired) electrons.